The van der Waals surface area contributed by atoms with Crippen LogP contribution < -0.4 is 19.5 Å². The number of para-hydroxylation sites is 1. The number of hydrogen-bond acceptors (Lipinski definition) is 8. The second kappa shape index (κ2) is 9.73. The molecule has 0 radical (unpaired) electrons. The van der Waals surface area contributed by atoms with E-state index < -0.39 is 11.8 Å². The zero-order valence-electron chi connectivity index (χ0n) is 20.6. The number of nitrogens with zero attached hydrogens (tertiary/aromatic N) is 2. The lowest BCUT2D eigenvalue weighted by atomic mass is 9.71. The molecule has 186 valence electrons. The molecule has 9 heteroatoms. The van der Waals surface area contributed by atoms with Gasteiger partial charge < -0.3 is 19.5 Å². The number of carbonyl (C=O) groups excluding carboxylic acids is 2. The van der Waals surface area contributed by atoms with E-state index in [0.717, 1.165) is 27.9 Å². The highest BCUT2D eigenvalue weighted by Crippen LogP contribution is 2.48. The molecule has 36 heavy (non-hydrogen) atoms. The fourth-order valence-corrected chi connectivity index (χ4v) is 5.96. The lowest BCUT2D eigenvalue weighted by Gasteiger charge is -2.35. The molecule has 0 saturated heterocycles. The van der Waals surface area contributed by atoms with E-state index in [1.54, 1.807) is 14.2 Å². The van der Waals surface area contributed by atoms with Crippen molar-refractivity contribution in [3.63, 3.8) is 0 Å². The van der Waals surface area contributed by atoms with Crippen LogP contribution >= 0.6 is 11.3 Å². The molecule has 8 nitrogen and oxygen atoms in total. The summed E-state index contributed by atoms with van der Waals surface area (Å²) in [6.45, 7) is 1.84. The van der Waals surface area contributed by atoms with Gasteiger partial charge in [0.1, 0.15) is 0 Å². The lowest BCUT2D eigenvalue weighted by molar-refractivity contribution is -0.119. The minimum Gasteiger partial charge on any atom is -0.493 e. The topological polar surface area (TPSA) is 99.1 Å². The predicted molar refractivity (Wildman–Crippen MR) is 140 cm³/mol. The Kier molecular flexibility index (Phi) is 6.49. The number of aliphatic imine (C=N–C) groups is 1. The van der Waals surface area contributed by atoms with Gasteiger partial charge >= 0.3 is 0 Å². The Balaban J connectivity index is 1.62. The van der Waals surface area contributed by atoms with Gasteiger partial charge in [-0.3, -0.25) is 14.6 Å². The first-order chi connectivity index (χ1) is 17.4. The Labute approximate surface area is 213 Å². The maximum absolute atomic E-state index is 13.8. The Bertz CT molecular complexity index is 1370. The van der Waals surface area contributed by atoms with Crippen molar-refractivity contribution in [2.24, 2.45) is 10.9 Å². The number of fused-ring (bicyclic) bond motifs is 1. The van der Waals surface area contributed by atoms with E-state index >= 15 is 0 Å². The van der Waals surface area contributed by atoms with Crippen LogP contribution in [0, 0.1) is 5.92 Å². The molecule has 2 aliphatic rings. The molecule has 1 unspecified atom stereocenters. The summed E-state index contributed by atoms with van der Waals surface area (Å²) in [6.07, 6.45) is 1.88. The summed E-state index contributed by atoms with van der Waals surface area (Å²) in [5, 5.41) is 3.49. The van der Waals surface area contributed by atoms with Crippen molar-refractivity contribution in [1.29, 1.82) is 0 Å². The van der Waals surface area contributed by atoms with Gasteiger partial charge in [0.2, 0.25) is 11.7 Å². The third kappa shape index (κ3) is 4.13. The Morgan fingerprint density at radius 3 is 2.44 bits per heavy atom. The zero-order valence-corrected chi connectivity index (χ0v) is 21.4. The van der Waals surface area contributed by atoms with Gasteiger partial charge in [0.05, 0.1) is 37.5 Å². The molecular formula is C27H27N3O5S. The van der Waals surface area contributed by atoms with Gasteiger partial charge in [0.25, 0.3) is 0 Å². The van der Waals surface area contributed by atoms with E-state index in [4.69, 9.17) is 19.2 Å². The SMILES string of the molecule is COc1cc([C@H]2C3=C(CCCC3=O)N=C(C)C2C(=O)Nc2nc3ccccc3s2)cc(OC)c1OC. The molecule has 0 fully saturated rings. The quantitative estimate of drug-likeness (QED) is 0.498. The average Bonchev–Trinajstić information content (AvgIpc) is 3.29. The molecule has 2 atom stereocenters. The van der Waals surface area contributed by atoms with Gasteiger partial charge in [0.15, 0.2) is 22.4 Å². The van der Waals surface area contributed by atoms with Gasteiger partial charge in [-0.1, -0.05) is 23.5 Å². The van der Waals surface area contributed by atoms with E-state index in [-0.39, 0.29) is 11.7 Å². The maximum atomic E-state index is 13.8. The molecule has 2 heterocycles. The number of Topliss-reactive ketones (excluding diaryl/α,β-unsaturated/α-hetero) is 1. The summed E-state index contributed by atoms with van der Waals surface area (Å²) >= 11 is 1.41. The number of nitrogens with one attached hydrogen (secondary N) is 1. The monoisotopic (exact) mass is 505 g/mol. The smallest absolute Gasteiger partial charge is 0.235 e. The van der Waals surface area contributed by atoms with E-state index in [9.17, 15) is 9.59 Å². The van der Waals surface area contributed by atoms with Gasteiger partial charge in [-0.25, -0.2) is 4.98 Å². The first-order valence-corrected chi connectivity index (χ1v) is 12.5. The van der Waals surface area contributed by atoms with Crippen LogP contribution in [0.25, 0.3) is 10.2 Å². The van der Waals surface area contributed by atoms with Crippen molar-refractivity contribution in [1.82, 2.24) is 4.98 Å². The normalized spacial score (nSPS) is 19.6. The highest BCUT2D eigenvalue weighted by molar-refractivity contribution is 7.22. The molecule has 1 aliphatic carbocycles. The second-order valence-corrected chi connectivity index (χ2v) is 9.81. The van der Waals surface area contributed by atoms with Crippen LogP contribution in [0.4, 0.5) is 5.13 Å². The Morgan fingerprint density at radius 1 is 1.06 bits per heavy atom. The molecule has 0 bridgehead atoms. The standard InChI is InChI=1S/C27H27N3O5S/c1-14-22(26(32)30-27-29-16-8-5-6-11-21(16)36-27)23(24-17(28-14)9-7-10-18(24)31)15-12-19(33-2)25(35-4)20(13-15)34-3/h5-6,8,11-13,22-23H,7,9-10H2,1-4H3,(H,29,30,32)/t22?,23-/m1/s1. The van der Waals surface area contributed by atoms with E-state index in [0.29, 0.717) is 46.5 Å². The van der Waals surface area contributed by atoms with Crippen LogP contribution in [0.15, 0.2) is 52.7 Å². The molecule has 1 N–H and O–H groups in total. The van der Waals surface area contributed by atoms with E-state index in [1.165, 1.54) is 18.4 Å². The molecule has 2 aromatic carbocycles. The number of thiazole rings is 1. The van der Waals surface area contributed by atoms with Crippen LogP contribution in [0.1, 0.15) is 37.7 Å². The van der Waals surface area contributed by atoms with Crippen LogP contribution in [0.5, 0.6) is 17.2 Å². The lowest BCUT2D eigenvalue weighted by Crippen LogP contribution is -2.39. The Morgan fingerprint density at radius 2 is 1.78 bits per heavy atom. The van der Waals surface area contributed by atoms with Crippen molar-refractivity contribution >= 4 is 44.1 Å². The number of benzene rings is 2. The number of carbonyl (C=O) groups is 2. The third-order valence-electron chi connectivity index (χ3n) is 6.69. The number of anilines is 1. The summed E-state index contributed by atoms with van der Waals surface area (Å²) in [5.41, 5.74) is 3.55. The number of rotatable bonds is 6. The summed E-state index contributed by atoms with van der Waals surface area (Å²) < 4.78 is 17.6. The highest BCUT2D eigenvalue weighted by atomic mass is 32.1. The molecule has 5 rings (SSSR count). The average molecular weight is 506 g/mol. The summed E-state index contributed by atoms with van der Waals surface area (Å²) in [6, 6.07) is 11.4. The summed E-state index contributed by atoms with van der Waals surface area (Å²) in [5.74, 6) is -0.132. The van der Waals surface area contributed by atoms with E-state index in [1.807, 2.05) is 43.3 Å². The predicted octanol–water partition coefficient (Wildman–Crippen LogP) is 5.14. The van der Waals surface area contributed by atoms with Crippen molar-refractivity contribution in [3.05, 3.63) is 53.2 Å². The number of ketones is 1. The molecule has 1 amide bonds. The second-order valence-electron chi connectivity index (χ2n) is 8.78. The molecular weight excluding hydrogens is 478 g/mol. The van der Waals surface area contributed by atoms with Gasteiger partial charge in [-0.05, 0) is 49.6 Å². The minimum atomic E-state index is -0.708. The number of allylic oxidation sites excluding steroid dienone is 2. The molecule has 3 aromatic rings. The van der Waals surface area contributed by atoms with Crippen molar-refractivity contribution in [2.45, 2.75) is 32.1 Å². The van der Waals surface area contributed by atoms with Crippen LogP contribution in [-0.4, -0.2) is 43.7 Å². The highest BCUT2D eigenvalue weighted by Gasteiger charge is 2.43. The van der Waals surface area contributed by atoms with Crippen molar-refractivity contribution in [2.75, 3.05) is 26.6 Å². The van der Waals surface area contributed by atoms with Crippen LogP contribution in [0.3, 0.4) is 0 Å². The summed E-state index contributed by atoms with van der Waals surface area (Å²) in [4.78, 5) is 36.3. The van der Waals surface area contributed by atoms with E-state index in [2.05, 4.69) is 10.3 Å². The fourth-order valence-electron chi connectivity index (χ4n) is 5.10. The summed E-state index contributed by atoms with van der Waals surface area (Å²) in [7, 11) is 4.63. The molecule has 0 saturated carbocycles. The van der Waals surface area contributed by atoms with Gasteiger partial charge in [-0.2, -0.15) is 0 Å². The minimum absolute atomic E-state index is 0.0176. The molecule has 1 aliphatic heterocycles. The first kappa shape index (κ1) is 24.0. The van der Waals surface area contributed by atoms with Crippen LogP contribution in [-0.2, 0) is 9.59 Å². The van der Waals surface area contributed by atoms with Crippen molar-refractivity contribution in [3.8, 4) is 17.2 Å². The number of hydrogen-bond donors (Lipinski definition) is 1. The maximum Gasteiger partial charge on any atom is 0.235 e. The number of ether oxygens (including phenoxy) is 3. The first-order valence-electron chi connectivity index (χ1n) is 11.7. The third-order valence-corrected chi connectivity index (χ3v) is 7.64. The van der Waals surface area contributed by atoms with Gasteiger partial charge in [0, 0.05) is 29.3 Å². The van der Waals surface area contributed by atoms with Crippen LogP contribution in [0.2, 0.25) is 0 Å². The fraction of sp³-hybridized carbons (Fsp3) is 0.333. The number of aromatic nitrogens is 1. The number of methoxy groups -OCH3 is 3. The van der Waals surface area contributed by atoms with Gasteiger partial charge in [-0.15, -0.1) is 0 Å². The zero-order chi connectivity index (χ0) is 25.4. The molecule has 0 spiro atoms. The van der Waals surface area contributed by atoms with Crippen molar-refractivity contribution < 1.29 is 23.8 Å². The Hall–Kier alpha value is -3.72. The number of amides is 1. The molecule has 1 aromatic heterocycles. The largest absolute Gasteiger partial charge is 0.493 e.